The molecule has 0 spiro atoms. The van der Waals surface area contributed by atoms with E-state index < -0.39 is 5.82 Å². The molecule has 2 atom stereocenters. The molecule has 5 nitrogen and oxygen atoms in total. The molecule has 0 saturated carbocycles. The lowest BCUT2D eigenvalue weighted by molar-refractivity contribution is 0.254. The minimum atomic E-state index is -0.453. The number of amidine groups is 1. The van der Waals surface area contributed by atoms with Crippen LogP contribution in [0.2, 0.25) is 0 Å². The van der Waals surface area contributed by atoms with E-state index in [0.29, 0.717) is 17.8 Å². The zero-order chi connectivity index (χ0) is 15.0. The molecule has 3 N–H and O–H groups in total. The molecule has 2 aliphatic rings. The number of benzene rings is 1. The number of hydrogen-bond donors (Lipinski definition) is 2. The van der Waals surface area contributed by atoms with Crippen LogP contribution in [0.5, 0.6) is 0 Å². The molecular formula is C15H21FN4O. The Morgan fingerprint density at radius 3 is 2.86 bits per heavy atom. The summed E-state index contributed by atoms with van der Waals surface area (Å²) < 4.78 is 14.1. The lowest BCUT2D eigenvalue weighted by atomic mass is 10.1. The third kappa shape index (κ3) is 2.44. The molecule has 114 valence electrons. The zero-order valence-electron chi connectivity index (χ0n) is 12.2. The first-order valence-corrected chi connectivity index (χ1v) is 7.35. The van der Waals surface area contributed by atoms with Crippen LogP contribution in [0, 0.1) is 5.82 Å². The van der Waals surface area contributed by atoms with Crippen LogP contribution in [-0.4, -0.2) is 48.2 Å². The van der Waals surface area contributed by atoms with E-state index in [0.717, 1.165) is 19.5 Å². The topological polar surface area (TPSA) is 65.1 Å². The molecule has 2 unspecified atom stereocenters. The minimum absolute atomic E-state index is 0.175. The number of rotatable bonds is 2. The van der Waals surface area contributed by atoms with Crippen molar-refractivity contribution in [2.24, 2.45) is 10.9 Å². The van der Waals surface area contributed by atoms with Crippen LogP contribution in [0.3, 0.4) is 0 Å². The van der Waals surface area contributed by atoms with E-state index in [1.807, 2.05) is 6.07 Å². The molecule has 3 rings (SSSR count). The monoisotopic (exact) mass is 292 g/mol. The van der Waals surface area contributed by atoms with Crippen LogP contribution >= 0.6 is 0 Å². The van der Waals surface area contributed by atoms with E-state index in [4.69, 9.17) is 10.9 Å². The fourth-order valence-corrected chi connectivity index (χ4v) is 3.61. The first-order valence-electron chi connectivity index (χ1n) is 7.35. The van der Waals surface area contributed by atoms with E-state index in [1.54, 1.807) is 6.07 Å². The number of nitrogens with two attached hydrogens (primary N) is 1. The normalized spacial score (nSPS) is 27.0. The van der Waals surface area contributed by atoms with Crippen molar-refractivity contribution >= 4 is 11.5 Å². The van der Waals surface area contributed by atoms with Crippen LogP contribution in [0.4, 0.5) is 10.1 Å². The number of hydrogen-bond acceptors (Lipinski definition) is 4. The van der Waals surface area contributed by atoms with Gasteiger partial charge in [0.25, 0.3) is 0 Å². The number of fused-ring (bicyclic) bond motifs is 2. The van der Waals surface area contributed by atoms with Crippen LogP contribution in [0.15, 0.2) is 23.4 Å². The van der Waals surface area contributed by atoms with Crippen LogP contribution in [-0.2, 0) is 0 Å². The van der Waals surface area contributed by atoms with Crippen molar-refractivity contribution in [3.63, 3.8) is 0 Å². The molecule has 0 radical (unpaired) electrons. The van der Waals surface area contributed by atoms with Crippen molar-refractivity contribution in [2.45, 2.75) is 31.3 Å². The fourth-order valence-electron chi connectivity index (χ4n) is 3.61. The summed E-state index contributed by atoms with van der Waals surface area (Å²) >= 11 is 0. The van der Waals surface area contributed by atoms with Crippen molar-refractivity contribution in [3.05, 3.63) is 29.6 Å². The molecule has 2 fully saturated rings. The molecule has 0 amide bonds. The van der Waals surface area contributed by atoms with Crippen molar-refractivity contribution in [2.75, 3.05) is 25.0 Å². The van der Waals surface area contributed by atoms with E-state index in [1.165, 1.54) is 18.9 Å². The van der Waals surface area contributed by atoms with Gasteiger partial charge in [0.2, 0.25) is 0 Å². The van der Waals surface area contributed by atoms with Gasteiger partial charge in [-0.2, -0.15) is 0 Å². The second kappa shape index (κ2) is 5.52. The molecule has 6 heteroatoms. The van der Waals surface area contributed by atoms with Crippen LogP contribution in [0.1, 0.15) is 24.8 Å². The maximum Gasteiger partial charge on any atom is 0.175 e. The van der Waals surface area contributed by atoms with Gasteiger partial charge in [0, 0.05) is 25.2 Å². The first-order chi connectivity index (χ1) is 10.1. The Labute approximate surface area is 123 Å². The van der Waals surface area contributed by atoms with Gasteiger partial charge in [-0.05, 0) is 38.4 Å². The fraction of sp³-hybridized carbons (Fsp3) is 0.533. The maximum absolute atomic E-state index is 14.1. The van der Waals surface area contributed by atoms with Crippen molar-refractivity contribution < 1.29 is 9.60 Å². The lowest BCUT2D eigenvalue weighted by Crippen LogP contribution is -2.37. The number of anilines is 1. The summed E-state index contributed by atoms with van der Waals surface area (Å²) in [5, 5.41) is 11.9. The van der Waals surface area contributed by atoms with Gasteiger partial charge in [0.15, 0.2) is 5.84 Å². The quantitative estimate of drug-likeness (QED) is 0.376. The Hall–Kier alpha value is -1.82. The number of oxime groups is 1. The molecule has 2 bridgehead atoms. The Kier molecular flexibility index (Phi) is 3.71. The lowest BCUT2D eigenvalue weighted by Gasteiger charge is -2.29. The summed E-state index contributed by atoms with van der Waals surface area (Å²) in [5.41, 5.74) is 6.58. The summed E-state index contributed by atoms with van der Waals surface area (Å²) in [4.78, 5) is 4.60. The zero-order valence-corrected chi connectivity index (χ0v) is 12.2. The number of halogens is 1. The molecule has 0 aromatic heterocycles. The third-order valence-electron chi connectivity index (χ3n) is 4.84. The van der Waals surface area contributed by atoms with E-state index >= 15 is 0 Å². The highest BCUT2D eigenvalue weighted by Crippen LogP contribution is 2.32. The van der Waals surface area contributed by atoms with Gasteiger partial charge in [0.05, 0.1) is 11.3 Å². The largest absolute Gasteiger partial charge is 0.409 e. The summed E-state index contributed by atoms with van der Waals surface area (Å²) in [6.07, 6.45) is 3.47. The summed E-state index contributed by atoms with van der Waals surface area (Å²) in [7, 11) is 2.17. The van der Waals surface area contributed by atoms with Gasteiger partial charge in [-0.1, -0.05) is 11.2 Å². The second-order valence-corrected chi connectivity index (χ2v) is 5.90. The molecule has 21 heavy (non-hydrogen) atoms. The standard InChI is InChI=1S/C15H21FN4O/c1-19-10-5-6-11(19)9-20(8-7-10)13-4-2-3-12(16)14(13)15(17)18-21/h2-4,10-11,21H,5-9H2,1H3,(H2,17,18). The molecule has 0 aliphatic carbocycles. The van der Waals surface area contributed by atoms with Gasteiger partial charge >= 0.3 is 0 Å². The average molecular weight is 292 g/mol. The molecule has 2 heterocycles. The van der Waals surface area contributed by atoms with Gasteiger partial charge in [-0.3, -0.25) is 4.90 Å². The smallest absolute Gasteiger partial charge is 0.175 e. The van der Waals surface area contributed by atoms with Crippen LogP contribution in [0.25, 0.3) is 0 Å². The second-order valence-electron chi connectivity index (χ2n) is 5.90. The van der Waals surface area contributed by atoms with Crippen molar-refractivity contribution in [3.8, 4) is 0 Å². The summed E-state index contributed by atoms with van der Waals surface area (Å²) in [6, 6.07) is 5.95. The van der Waals surface area contributed by atoms with E-state index in [9.17, 15) is 4.39 Å². The highest BCUT2D eigenvalue weighted by Gasteiger charge is 2.35. The van der Waals surface area contributed by atoms with Gasteiger partial charge in [-0.15, -0.1) is 0 Å². The summed E-state index contributed by atoms with van der Waals surface area (Å²) in [5.74, 6) is -0.628. The highest BCUT2D eigenvalue weighted by atomic mass is 19.1. The predicted molar refractivity (Wildman–Crippen MR) is 80.3 cm³/mol. The Morgan fingerprint density at radius 2 is 2.10 bits per heavy atom. The number of likely N-dealkylation sites (N-methyl/N-ethyl adjacent to an activating group) is 1. The van der Waals surface area contributed by atoms with Crippen molar-refractivity contribution in [1.29, 1.82) is 0 Å². The third-order valence-corrected chi connectivity index (χ3v) is 4.84. The maximum atomic E-state index is 14.1. The SMILES string of the molecule is CN1C2CCC1CN(c1cccc(F)c1C(N)=NO)CC2. The molecule has 1 aromatic carbocycles. The van der Waals surface area contributed by atoms with E-state index in [-0.39, 0.29) is 11.4 Å². The molecular weight excluding hydrogens is 271 g/mol. The van der Waals surface area contributed by atoms with Crippen molar-refractivity contribution in [1.82, 2.24) is 4.90 Å². The average Bonchev–Trinajstić information content (AvgIpc) is 2.71. The Balaban J connectivity index is 1.96. The van der Waals surface area contributed by atoms with Gasteiger partial charge in [0.1, 0.15) is 5.82 Å². The highest BCUT2D eigenvalue weighted by molar-refractivity contribution is 6.02. The molecule has 2 saturated heterocycles. The van der Waals surface area contributed by atoms with E-state index in [2.05, 4.69) is 22.0 Å². The molecule has 2 aliphatic heterocycles. The summed E-state index contributed by atoms with van der Waals surface area (Å²) in [6.45, 7) is 1.71. The van der Waals surface area contributed by atoms with Gasteiger partial charge < -0.3 is 15.8 Å². The minimum Gasteiger partial charge on any atom is -0.409 e. The van der Waals surface area contributed by atoms with Crippen LogP contribution < -0.4 is 10.6 Å². The Bertz CT molecular complexity index is 563. The Morgan fingerprint density at radius 1 is 1.33 bits per heavy atom. The first kappa shape index (κ1) is 14.1. The van der Waals surface area contributed by atoms with Gasteiger partial charge in [-0.25, -0.2) is 4.39 Å². The predicted octanol–water partition coefficient (Wildman–Crippen LogP) is 1.59. The molecule has 1 aromatic rings. The number of nitrogens with zero attached hydrogens (tertiary/aromatic N) is 3.